The smallest absolute Gasteiger partial charge is 0.378 e. The number of nitrogens with zero attached hydrogens (tertiary/aromatic N) is 1. The monoisotopic (exact) mass is 342 g/mol. The lowest BCUT2D eigenvalue weighted by Gasteiger charge is -2.38. The van der Waals surface area contributed by atoms with Gasteiger partial charge in [0.15, 0.2) is 0 Å². The molecule has 0 spiro atoms. The number of hydrogen-bond donors (Lipinski definition) is 1. The third kappa shape index (κ3) is 3.89. The van der Waals surface area contributed by atoms with Crippen LogP contribution in [0.15, 0.2) is 24.3 Å². The van der Waals surface area contributed by atoms with Gasteiger partial charge < -0.3 is 10.1 Å². The summed E-state index contributed by atoms with van der Waals surface area (Å²) in [7, 11) is 0. The number of amides is 1. The Morgan fingerprint density at radius 3 is 2.71 bits per heavy atom. The molecule has 24 heavy (non-hydrogen) atoms. The highest BCUT2D eigenvalue weighted by Gasteiger charge is 2.36. The SMILES string of the molecule is O=C(Nc1cccc(C(F)(F)F)c1)C1COCCN1C1CCCC1. The van der Waals surface area contributed by atoms with Gasteiger partial charge >= 0.3 is 6.18 Å². The minimum atomic E-state index is -4.43. The Labute approximate surface area is 139 Å². The number of carbonyl (C=O) groups excluding carboxylic acids is 1. The molecule has 7 heteroatoms. The van der Waals surface area contributed by atoms with Crippen LogP contribution < -0.4 is 5.32 Å². The molecule has 1 saturated heterocycles. The Morgan fingerprint density at radius 1 is 1.25 bits per heavy atom. The van der Waals surface area contributed by atoms with Gasteiger partial charge in [-0.15, -0.1) is 0 Å². The van der Waals surface area contributed by atoms with Crippen molar-refractivity contribution in [3.8, 4) is 0 Å². The van der Waals surface area contributed by atoms with Gasteiger partial charge in [0.25, 0.3) is 0 Å². The summed E-state index contributed by atoms with van der Waals surface area (Å²) in [6.45, 7) is 1.55. The van der Waals surface area contributed by atoms with Crippen molar-refractivity contribution >= 4 is 11.6 Å². The molecule has 2 aliphatic rings. The Balaban J connectivity index is 1.71. The standard InChI is InChI=1S/C17H21F3N2O2/c18-17(19,20)12-4-3-5-13(10-12)21-16(23)15-11-24-9-8-22(15)14-6-1-2-7-14/h3-5,10,14-15H,1-2,6-9,11H2,(H,21,23). The number of halogens is 3. The molecule has 1 unspecified atom stereocenters. The molecule has 1 aromatic rings. The van der Waals surface area contributed by atoms with Crippen molar-refractivity contribution in [1.82, 2.24) is 4.90 Å². The molecule has 1 aromatic carbocycles. The lowest BCUT2D eigenvalue weighted by molar-refractivity contribution is -0.137. The lowest BCUT2D eigenvalue weighted by Crippen LogP contribution is -2.55. The molecule has 1 N–H and O–H groups in total. The zero-order chi connectivity index (χ0) is 17.2. The number of hydrogen-bond acceptors (Lipinski definition) is 3. The van der Waals surface area contributed by atoms with E-state index in [0.717, 1.165) is 37.8 Å². The first kappa shape index (κ1) is 17.2. The molecule has 1 aliphatic carbocycles. The third-order valence-corrected chi connectivity index (χ3v) is 4.72. The number of benzene rings is 1. The first-order valence-electron chi connectivity index (χ1n) is 8.27. The van der Waals surface area contributed by atoms with E-state index in [-0.39, 0.29) is 18.2 Å². The molecule has 4 nitrogen and oxygen atoms in total. The normalized spacial score (nSPS) is 23.4. The van der Waals surface area contributed by atoms with Crippen LogP contribution in [0.2, 0.25) is 0 Å². The maximum Gasteiger partial charge on any atom is 0.416 e. The predicted molar refractivity (Wildman–Crippen MR) is 83.6 cm³/mol. The first-order valence-corrected chi connectivity index (χ1v) is 8.27. The quantitative estimate of drug-likeness (QED) is 0.916. The zero-order valence-electron chi connectivity index (χ0n) is 13.3. The summed E-state index contributed by atoms with van der Waals surface area (Å²) in [5.74, 6) is -0.305. The number of ether oxygens (including phenoxy) is 1. The molecule has 1 saturated carbocycles. The fourth-order valence-electron chi connectivity index (χ4n) is 3.51. The van der Waals surface area contributed by atoms with Gasteiger partial charge in [0.1, 0.15) is 6.04 Å². The van der Waals surface area contributed by atoms with Crippen LogP contribution in [0.3, 0.4) is 0 Å². The maximum absolute atomic E-state index is 12.8. The molecule has 1 amide bonds. The minimum absolute atomic E-state index is 0.159. The molecule has 1 aliphatic heterocycles. The number of rotatable bonds is 3. The molecule has 0 bridgehead atoms. The summed E-state index contributed by atoms with van der Waals surface area (Å²) in [6.07, 6.45) is 0.0131. The first-order chi connectivity index (χ1) is 11.4. The predicted octanol–water partition coefficient (Wildman–Crippen LogP) is 3.29. The van der Waals surface area contributed by atoms with Crippen LogP contribution in [0.4, 0.5) is 18.9 Å². The second-order valence-corrected chi connectivity index (χ2v) is 6.33. The minimum Gasteiger partial charge on any atom is -0.378 e. The number of alkyl halides is 3. The van der Waals surface area contributed by atoms with Crippen LogP contribution in [0.25, 0.3) is 0 Å². The topological polar surface area (TPSA) is 41.6 Å². The highest BCUT2D eigenvalue weighted by molar-refractivity contribution is 5.95. The molecule has 1 heterocycles. The molecule has 0 aromatic heterocycles. The molecular weight excluding hydrogens is 321 g/mol. The van der Waals surface area contributed by atoms with Gasteiger partial charge in [0.2, 0.25) is 5.91 Å². The summed E-state index contributed by atoms with van der Waals surface area (Å²) in [5, 5.41) is 2.62. The number of nitrogens with one attached hydrogen (secondary N) is 1. The Morgan fingerprint density at radius 2 is 2.00 bits per heavy atom. The van der Waals surface area contributed by atoms with Crippen molar-refractivity contribution in [1.29, 1.82) is 0 Å². The number of anilines is 1. The summed E-state index contributed by atoms with van der Waals surface area (Å²) in [6, 6.07) is 4.63. The number of morpholine rings is 1. The van der Waals surface area contributed by atoms with Crippen molar-refractivity contribution < 1.29 is 22.7 Å². The molecular formula is C17H21F3N2O2. The average Bonchev–Trinajstić information content (AvgIpc) is 3.08. The van der Waals surface area contributed by atoms with Crippen LogP contribution in [0.1, 0.15) is 31.2 Å². The van der Waals surface area contributed by atoms with Gasteiger partial charge in [0, 0.05) is 18.3 Å². The Kier molecular flexibility index (Phi) is 5.10. The fraction of sp³-hybridized carbons (Fsp3) is 0.588. The van der Waals surface area contributed by atoms with Gasteiger partial charge in [-0.3, -0.25) is 9.69 Å². The Bertz CT molecular complexity index is 585. The highest BCUT2D eigenvalue weighted by atomic mass is 19.4. The average molecular weight is 342 g/mol. The Hall–Kier alpha value is -1.60. The van der Waals surface area contributed by atoms with E-state index in [1.54, 1.807) is 0 Å². The van der Waals surface area contributed by atoms with Crippen molar-refractivity contribution in [3.05, 3.63) is 29.8 Å². The van der Waals surface area contributed by atoms with E-state index in [0.29, 0.717) is 19.2 Å². The van der Waals surface area contributed by atoms with Gasteiger partial charge in [0.05, 0.1) is 18.8 Å². The van der Waals surface area contributed by atoms with Gasteiger partial charge in [-0.2, -0.15) is 13.2 Å². The van der Waals surface area contributed by atoms with E-state index in [4.69, 9.17) is 4.74 Å². The summed E-state index contributed by atoms with van der Waals surface area (Å²) < 4.78 is 43.8. The molecule has 2 fully saturated rings. The zero-order valence-corrected chi connectivity index (χ0v) is 13.3. The number of carbonyl (C=O) groups is 1. The van der Waals surface area contributed by atoms with E-state index < -0.39 is 17.8 Å². The van der Waals surface area contributed by atoms with E-state index in [1.807, 2.05) is 0 Å². The fourth-order valence-corrected chi connectivity index (χ4v) is 3.51. The third-order valence-electron chi connectivity index (χ3n) is 4.72. The van der Waals surface area contributed by atoms with Crippen LogP contribution in [0, 0.1) is 0 Å². The largest absolute Gasteiger partial charge is 0.416 e. The lowest BCUT2D eigenvalue weighted by atomic mass is 10.1. The van der Waals surface area contributed by atoms with E-state index in [1.165, 1.54) is 12.1 Å². The van der Waals surface area contributed by atoms with Crippen LogP contribution in [0.5, 0.6) is 0 Å². The molecule has 1 atom stereocenters. The van der Waals surface area contributed by atoms with Gasteiger partial charge in [-0.05, 0) is 31.0 Å². The van der Waals surface area contributed by atoms with Crippen molar-refractivity contribution in [3.63, 3.8) is 0 Å². The van der Waals surface area contributed by atoms with Crippen molar-refractivity contribution in [2.45, 2.75) is 43.9 Å². The molecule has 132 valence electrons. The molecule has 0 radical (unpaired) electrons. The second kappa shape index (κ2) is 7.11. The summed E-state index contributed by atoms with van der Waals surface area (Å²) >= 11 is 0. The summed E-state index contributed by atoms with van der Waals surface area (Å²) in [4.78, 5) is 14.7. The maximum atomic E-state index is 12.8. The molecule has 3 rings (SSSR count). The van der Waals surface area contributed by atoms with Crippen molar-refractivity contribution in [2.75, 3.05) is 25.1 Å². The van der Waals surface area contributed by atoms with Crippen LogP contribution >= 0.6 is 0 Å². The van der Waals surface area contributed by atoms with E-state index in [9.17, 15) is 18.0 Å². The van der Waals surface area contributed by atoms with Gasteiger partial charge in [-0.1, -0.05) is 18.9 Å². The van der Waals surface area contributed by atoms with E-state index >= 15 is 0 Å². The summed E-state index contributed by atoms with van der Waals surface area (Å²) in [5.41, 5.74) is -0.611. The van der Waals surface area contributed by atoms with E-state index in [2.05, 4.69) is 10.2 Å². The highest BCUT2D eigenvalue weighted by Crippen LogP contribution is 2.31. The van der Waals surface area contributed by atoms with Crippen LogP contribution in [-0.4, -0.2) is 42.6 Å². The second-order valence-electron chi connectivity index (χ2n) is 6.33. The van der Waals surface area contributed by atoms with Crippen LogP contribution in [-0.2, 0) is 15.7 Å². The van der Waals surface area contributed by atoms with Crippen molar-refractivity contribution in [2.24, 2.45) is 0 Å². The van der Waals surface area contributed by atoms with Gasteiger partial charge in [-0.25, -0.2) is 0 Å².